The van der Waals surface area contributed by atoms with Gasteiger partial charge in [-0.25, -0.2) is 4.39 Å². The van der Waals surface area contributed by atoms with Crippen LogP contribution in [0.15, 0.2) is 48.5 Å². The molecule has 5 rings (SSSR count). The highest BCUT2D eigenvalue weighted by Crippen LogP contribution is 2.46. The summed E-state index contributed by atoms with van der Waals surface area (Å²) in [7, 11) is 1.55. The van der Waals surface area contributed by atoms with E-state index in [9.17, 15) is 28.8 Å². The average molecular weight is 602 g/mol. The van der Waals surface area contributed by atoms with Crippen molar-refractivity contribution in [3.63, 3.8) is 0 Å². The lowest BCUT2D eigenvalue weighted by Crippen LogP contribution is -2.57. The molecule has 2 aromatic carbocycles. The summed E-state index contributed by atoms with van der Waals surface area (Å²) in [6.45, 7) is 5.92. The third-order valence-electron chi connectivity index (χ3n) is 9.27. The second-order valence-electron chi connectivity index (χ2n) is 13.6. The number of carbonyl (C=O) groups is 4. The molecular formula is C34H40FN5O4. The molecule has 1 aliphatic carbocycles. The van der Waals surface area contributed by atoms with Crippen molar-refractivity contribution in [3.8, 4) is 6.07 Å². The first-order valence-corrected chi connectivity index (χ1v) is 15.3. The number of fused-ring (bicyclic) bond motifs is 2. The molecule has 0 radical (unpaired) electrons. The standard InChI is InChI=1S/C34H40FN5O4/c1-33(2,3)18-28(31(43)40-20-34(17-24(40)19-36)25-10-5-6-11-26(25)38-32(34)44)39(4)30(42)27(37-29(41)22-8-7-9-22)16-21-12-14-23(35)15-13-21/h5-6,10-15,22,24,27-28H,7-9,16-18,20H2,1-4H3,(H,37,41)(H,38,44)/t24-,27-,28-,34-/m0/s1. The number of hydrogen-bond donors (Lipinski definition) is 2. The van der Waals surface area contributed by atoms with Gasteiger partial charge < -0.3 is 20.4 Å². The molecule has 2 N–H and O–H groups in total. The Morgan fingerprint density at radius 3 is 2.45 bits per heavy atom. The minimum atomic E-state index is -1.05. The summed E-state index contributed by atoms with van der Waals surface area (Å²) in [4.78, 5) is 57.8. The van der Waals surface area contributed by atoms with E-state index in [-0.39, 0.29) is 42.5 Å². The van der Waals surface area contributed by atoms with Crippen molar-refractivity contribution in [2.24, 2.45) is 11.3 Å². The predicted molar refractivity (Wildman–Crippen MR) is 162 cm³/mol. The van der Waals surface area contributed by atoms with Crippen LogP contribution in [-0.4, -0.2) is 65.1 Å². The molecule has 2 heterocycles. The molecule has 1 saturated carbocycles. The second-order valence-corrected chi connectivity index (χ2v) is 13.6. The van der Waals surface area contributed by atoms with Crippen molar-refractivity contribution >= 4 is 29.3 Å². The van der Waals surface area contributed by atoms with Gasteiger partial charge >= 0.3 is 0 Å². The van der Waals surface area contributed by atoms with Crippen LogP contribution in [0.4, 0.5) is 10.1 Å². The van der Waals surface area contributed by atoms with Crippen LogP contribution in [0.5, 0.6) is 0 Å². The number of nitriles is 1. The molecule has 4 atom stereocenters. The SMILES string of the molecule is CN(C(=O)[C@H](Cc1ccc(F)cc1)NC(=O)C1CCC1)[C@@H](CC(C)(C)C)C(=O)N1C[C@]2(C[C@H]1C#N)C(=O)Nc1ccccc12. The maximum Gasteiger partial charge on any atom is 0.246 e. The summed E-state index contributed by atoms with van der Waals surface area (Å²) in [5.41, 5.74) is 0.669. The van der Waals surface area contributed by atoms with E-state index < -0.39 is 41.2 Å². The van der Waals surface area contributed by atoms with Crippen molar-refractivity contribution in [1.29, 1.82) is 5.26 Å². The number of likely N-dealkylation sites (tertiary alicyclic amines) is 1. The molecule has 0 aromatic heterocycles. The Morgan fingerprint density at radius 1 is 1.16 bits per heavy atom. The Labute approximate surface area is 257 Å². The lowest BCUT2D eigenvalue weighted by Gasteiger charge is -2.37. The average Bonchev–Trinajstić information content (AvgIpc) is 3.47. The zero-order valence-electron chi connectivity index (χ0n) is 25.7. The molecular weight excluding hydrogens is 561 g/mol. The van der Waals surface area contributed by atoms with Gasteiger partial charge in [0.1, 0.15) is 23.9 Å². The maximum atomic E-state index is 14.4. The molecule has 4 amide bonds. The minimum absolute atomic E-state index is 0.0208. The molecule has 44 heavy (non-hydrogen) atoms. The maximum absolute atomic E-state index is 14.4. The van der Waals surface area contributed by atoms with E-state index >= 15 is 0 Å². The highest BCUT2D eigenvalue weighted by atomic mass is 19.1. The first kappa shape index (κ1) is 31.2. The molecule has 2 fully saturated rings. The van der Waals surface area contributed by atoms with E-state index in [1.807, 2.05) is 45.0 Å². The van der Waals surface area contributed by atoms with Crippen LogP contribution in [0.25, 0.3) is 0 Å². The van der Waals surface area contributed by atoms with Gasteiger partial charge in [-0.05, 0) is 54.0 Å². The summed E-state index contributed by atoms with van der Waals surface area (Å²) in [6, 6.07) is 12.5. The summed E-state index contributed by atoms with van der Waals surface area (Å²) in [5, 5.41) is 16.0. The van der Waals surface area contributed by atoms with Gasteiger partial charge in [0.15, 0.2) is 0 Å². The van der Waals surface area contributed by atoms with Gasteiger partial charge in [-0.15, -0.1) is 0 Å². The van der Waals surface area contributed by atoms with E-state index in [2.05, 4.69) is 16.7 Å². The Hall–Kier alpha value is -4.26. The van der Waals surface area contributed by atoms with Crippen LogP contribution in [0, 0.1) is 28.5 Å². The van der Waals surface area contributed by atoms with Crippen molar-refractivity contribution in [1.82, 2.24) is 15.1 Å². The van der Waals surface area contributed by atoms with Gasteiger partial charge in [-0.1, -0.05) is 57.5 Å². The largest absolute Gasteiger partial charge is 0.344 e. The van der Waals surface area contributed by atoms with Gasteiger partial charge in [-0.2, -0.15) is 5.26 Å². The number of carbonyl (C=O) groups excluding carboxylic acids is 4. The minimum Gasteiger partial charge on any atom is -0.344 e. The zero-order chi connectivity index (χ0) is 31.8. The quantitative estimate of drug-likeness (QED) is 0.475. The first-order chi connectivity index (χ1) is 20.8. The molecule has 10 heteroatoms. The summed E-state index contributed by atoms with van der Waals surface area (Å²) in [6.07, 6.45) is 3.04. The fraction of sp³-hybridized carbons (Fsp3) is 0.500. The molecule has 9 nitrogen and oxygen atoms in total. The molecule has 2 aliphatic heterocycles. The number of halogens is 1. The van der Waals surface area contributed by atoms with Gasteiger partial charge in [0.25, 0.3) is 0 Å². The monoisotopic (exact) mass is 601 g/mol. The van der Waals surface area contributed by atoms with Crippen LogP contribution >= 0.6 is 0 Å². The summed E-state index contributed by atoms with van der Waals surface area (Å²) < 4.78 is 13.6. The van der Waals surface area contributed by atoms with Gasteiger partial charge in [0.2, 0.25) is 23.6 Å². The van der Waals surface area contributed by atoms with Crippen LogP contribution in [0.2, 0.25) is 0 Å². The normalized spacial score (nSPS) is 22.4. The highest BCUT2D eigenvalue weighted by Gasteiger charge is 2.57. The van der Waals surface area contributed by atoms with Crippen LogP contribution in [0.3, 0.4) is 0 Å². The Kier molecular flexibility index (Phi) is 8.52. The van der Waals surface area contributed by atoms with Crippen molar-refractivity contribution in [3.05, 3.63) is 65.5 Å². The van der Waals surface area contributed by atoms with E-state index in [4.69, 9.17) is 0 Å². The number of hydrogen-bond acceptors (Lipinski definition) is 5. The van der Waals surface area contributed by atoms with Crippen LogP contribution in [0.1, 0.15) is 64.0 Å². The molecule has 1 spiro atoms. The van der Waals surface area contributed by atoms with Crippen molar-refractivity contribution in [2.75, 3.05) is 18.9 Å². The zero-order valence-corrected chi connectivity index (χ0v) is 25.7. The predicted octanol–water partition coefficient (Wildman–Crippen LogP) is 3.93. The van der Waals surface area contributed by atoms with Gasteiger partial charge in [0, 0.05) is 38.0 Å². The Morgan fingerprint density at radius 2 is 1.84 bits per heavy atom. The van der Waals surface area contributed by atoms with Crippen molar-refractivity contribution < 1.29 is 23.6 Å². The number of benzene rings is 2. The van der Waals surface area contributed by atoms with E-state index in [0.29, 0.717) is 17.7 Å². The topological polar surface area (TPSA) is 123 Å². The Bertz CT molecular complexity index is 1490. The van der Waals surface area contributed by atoms with Crippen LogP contribution in [-0.2, 0) is 31.0 Å². The number of amides is 4. The number of nitrogens with zero attached hydrogens (tertiary/aromatic N) is 3. The highest BCUT2D eigenvalue weighted by molar-refractivity contribution is 6.07. The fourth-order valence-electron chi connectivity index (χ4n) is 6.56. The third-order valence-corrected chi connectivity index (χ3v) is 9.27. The van der Waals surface area contributed by atoms with Gasteiger partial charge in [0.05, 0.1) is 11.5 Å². The Balaban J connectivity index is 1.44. The van der Waals surface area contributed by atoms with E-state index in [1.54, 1.807) is 19.2 Å². The lowest BCUT2D eigenvalue weighted by atomic mass is 9.80. The molecule has 0 unspecified atom stereocenters. The summed E-state index contributed by atoms with van der Waals surface area (Å²) >= 11 is 0. The number of nitrogens with one attached hydrogen (secondary N) is 2. The lowest BCUT2D eigenvalue weighted by molar-refractivity contribution is -0.148. The first-order valence-electron chi connectivity index (χ1n) is 15.3. The smallest absolute Gasteiger partial charge is 0.246 e. The number of likely N-dealkylation sites (N-methyl/N-ethyl adjacent to an activating group) is 1. The second kappa shape index (κ2) is 12.0. The molecule has 0 bridgehead atoms. The summed E-state index contributed by atoms with van der Waals surface area (Å²) in [5.74, 6) is -1.88. The van der Waals surface area contributed by atoms with E-state index in [0.717, 1.165) is 24.8 Å². The molecule has 2 aromatic rings. The number of rotatable bonds is 8. The molecule has 3 aliphatic rings. The van der Waals surface area contributed by atoms with Crippen LogP contribution < -0.4 is 10.6 Å². The number of para-hydroxylation sites is 1. The molecule has 1 saturated heterocycles. The number of anilines is 1. The third kappa shape index (κ3) is 6.05. The fourth-order valence-corrected chi connectivity index (χ4v) is 6.56. The molecule has 232 valence electrons. The van der Waals surface area contributed by atoms with E-state index in [1.165, 1.54) is 21.9 Å². The van der Waals surface area contributed by atoms with Gasteiger partial charge in [-0.3, -0.25) is 19.2 Å². The van der Waals surface area contributed by atoms with Crippen molar-refractivity contribution in [2.45, 2.75) is 82.8 Å².